The first kappa shape index (κ1) is 25.4. The number of aromatic nitrogens is 1. The van der Waals surface area contributed by atoms with Crippen LogP contribution in [0, 0.1) is 11.8 Å². The van der Waals surface area contributed by atoms with E-state index < -0.39 is 6.36 Å². The van der Waals surface area contributed by atoms with E-state index in [0.29, 0.717) is 19.0 Å². The summed E-state index contributed by atoms with van der Waals surface area (Å²) in [5, 5.41) is 3.14. The zero-order valence-corrected chi connectivity index (χ0v) is 20.3. The molecule has 2 aromatic rings. The van der Waals surface area contributed by atoms with Crippen LogP contribution >= 0.6 is 0 Å². The fraction of sp³-hybridized carbons (Fsp3) is 0.577. The lowest BCUT2D eigenvalue weighted by atomic mass is 9.92. The van der Waals surface area contributed by atoms with Crippen LogP contribution in [-0.2, 0) is 18.4 Å². The van der Waals surface area contributed by atoms with E-state index in [0.717, 1.165) is 51.1 Å². The van der Waals surface area contributed by atoms with E-state index in [9.17, 15) is 18.0 Å². The van der Waals surface area contributed by atoms with Crippen molar-refractivity contribution in [2.75, 3.05) is 37.6 Å². The fourth-order valence-corrected chi connectivity index (χ4v) is 5.13. The summed E-state index contributed by atoms with van der Waals surface area (Å²) in [5.41, 5.74) is 2.19. The van der Waals surface area contributed by atoms with Gasteiger partial charge in [-0.2, -0.15) is 0 Å². The molecule has 6 nitrogen and oxygen atoms in total. The number of alkyl halides is 3. The predicted octanol–water partition coefficient (Wildman–Crippen LogP) is 4.56. The molecule has 9 heteroatoms. The minimum atomic E-state index is -4.69. The smallest absolute Gasteiger partial charge is 0.406 e. The molecule has 1 amide bonds. The molecule has 2 aliphatic heterocycles. The highest BCUT2D eigenvalue weighted by molar-refractivity contribution is 5.79. The molecule has 0 unspecified atom stereocenters. The number of nitrogens with one attached hydrogen (secondary N) is 1. The third-order valence-corrected chi connectivity index (χ3v) is 7.30. The highest BCUT2D eigenvalue weighted by Gasteiger charge is 2.31. The van der Waals surface area contributed by atoms with E-state index in [-0.39, 0.29) is 17.6 Å². The molecule has 0 atom stereocenters. The summed E-state index contributed by atoms with van der Waals surface area (Å²) >= 11 is 0. The molecule has 1 N–H and O–H groups in total. The van der Waals surface area contributed by atoms with Gasteiger partial charge in [0.2, 0.25) is 5.91 Å². The van der Waals surface area contributed by atoms with Gasteiger partial charge in [-0.25, -0.2) is 0 Å². The number of aryl methyl sites for hydroxylation is 1. The number of hydrogen-bond donors (Lipinski definition) is 1. The molecule has 0 aliphatic carbocycles. The van der Waals surface area contributed by atoms with Gasteiger partial charge in [-0.3, -0.25) is 9.69 Å². The number of anilines is 1. The van der Waals surface area contributed by atoms with Gasteiger partial charge in [-0.1, -0.05) is 0 Å². The Hall–Kier alpha value is -2.68. The summed E-state index contributed by atoms with van der Waals surface area (Å²) in [7, 11) is 2.09. The van der Waals surface area contributed by atoms with Crippen molar-refractivity contribution >= 4 is 11.6 Å². The molecule has 192 valence electrons. The van der Waals surface area contributed by atoms with Crippen molar-refractivity contribution in [3.05, 3.63) is 48.3 Å². The maximum Gasteiger partial charge on any atom is 0.573 e. The number of carbonyl (C=O) groups is 1. The quantitative estimate of drug-likeness (QED) is 0.587. The van der Waals surface area contributed by atoms with Crippen LogP contribution in [0.1, 0.15) is 37.8 Å². The largest absolute Gasteiger partial charge is 0.573 e. The van der Waals surface area contributed by atoms with Crippen molar-refractivity contribution in [1.82, 2.24) is 14.8 Å². The van der Waals surface area contributed by atoms with Crippen LogP contribution in [0.5, 0.6) is 5.75 Å². The molecule has 4 rings (SSSR count). The molecule has 3 heterocycles. The zero-order chi connectivity index (χ0) is 24.8. The van der Waals surface area contributed by atoms with Crippen LogP contribution in [0.4, 0.5) is 18.9 Å². The van der Waals surface area contributed by atoms with Crippen molar-refractivity contribution in [3.8, 4) is 5.75 Å². The molecular formula is C26H35F3N4O2. The number of amides is 1. The van der Waals surface area contributed by atoms with Gasteiger partial charge in [0.05, 0.1) is 0 Å². The van der Waals surface area contributed by atoms with Gasteiger partial charge < -0.3 is 19.5 Å². The van der Waals surface area contributed by atoms with E-state index in [2.05, 4.69) is 49.8 Å². The molecule has 1 aromatic carbocycles. The van der Waals surface area contributed by atoms with E-state index >= 15 is 0 Å². The Morgan fingerprint density at radius 3 is 2.31 bits per heavy atom. The molecule has 1 aromatic heterocycles. The third-order valence-electron chi connectivity index (χ3n) is 7.30. The summed E-state index contributed by atoms with van der Waals surface area (Å²) in [6.07, 6.45) is 2.25. The molecule has 0 radical (unpaired) electrons. The highest BCUT2D eigenvalue weighted by atomic mass is 19.4. The van der Waals surface area contributed by atoms with Crippen LogP contribution in [0.2, 0.25) is 0 Å². The van der Waals surface area contributed by atoms with Crippen molar-refractivity contribution in [2.24, 2.45) is 18.9 Å². The Kier molecular flexibility index (Phi) is 8.26. The fourth-order valence-electron chi connectivity index (χ4n) is 5.13. The van der Waals surface area contributed by atoms with Crippen molar-refractivity contribution in [1.29, 1.82) is 0 Å². The number of halogens is 3. The highest BCUT2D eigenvalue weighted by Crippen LogP contribution is 2.28. The molecule has 0 bridgehead atoms. The number of benzene rings is 1. The van der Waals surface area contributed by atoms with Crippen LogP contribution in [0.25, 0.3) is 0 Å². The standard InChI is InChI=1S/C26H35F3N4O2/c1-31-14-2-3-23(31)19-32-15-9-20(10-16-32)8-13-30-25(34)21-11-17-33(18-12-21)22-4-6-24(7-5-22)35-26(27,28)29/h2-7,14,20-21H,8-13,15-19H2,1H3,(H,30,34). The van der Waals surface area contributed by atoms with Crippen LogP contribution in [-0.4, -0.2) is 54.5 Å². The number of piperidine rings is 2. The topological polar surface area (TPSA) is 49.7 Å². The first-order valence-corrected chi connectivity index (χ1v) is 12.5. The molecule has 35 heavy (non-hydrogen) atoms. The van der Waals surface area contributed by atoms with Gasteiger partial charge in [-0.15, -0.1) is 13.2 Å². The van der Waals surface area contributed by atoms with E-state index in [1.807, 2.05) is 0 Å². The second kappa shape index (κ2) is 11.4. The van der Waals surface area contributed by atoms with Crippen LogP contribution in [0.15, 0.2) is 42.6 Å². The van der Waals surface area contributed by atoms with Crippen LogP contribution < -0.4 is 15.0 Å². The molecule has 0 spiro atoms. The SMILES string of the molecule is Cn1cccc1CN1CCC(CCNC(=O)C2CCN(c3ccc(OC(F)(F)F)cc3)CC2)CC1. The number of nitrogens with zero attached hydrogens (tertiary/aromatic N) is 3. The minimum Gasteiger partial charge on any atom is -0.406 e. The lowest BCUT2D eigenvalue weighted by molar-refractivity contribution is -0.274. The minimum absolute atomic E-state index is 0.00813. The molecule has 2 saturated heterocycles. The van der Waals surface area contributed by atoms with Crippen molar-refractivity contribution in [3.63, 3.8) is 0 Å². The third kappa shape index (κ3) is 7.40. The van der Waals surface area contributed by atoms with Gasteiger partial charge in [0.1, 0.15) is 5.75 Å². The lowest BCUT2D eigenvalue weighted by Gasteiger charge is -2.33. The van der Waals surface area contributed by atoms with Gasteiger partial charge >= 0.3 is 6.36 Å². The van der Waals surface area contributed by atoms with E-state index in [4.69, 9.17) is 0 Å². The zero-order valence-electron chi connectivity index (χ0n) is 20.3. The second-order valence-electron chi connectivity index (χ2n) is 9.71. The molecule has 2 aliphatic rings. The predicted molar refractivity (Wildman–Crippen MR) is 129 cm³/mol. The number of ether oxygens (including phenoxy) is 1. The van der Waals surface area contributed by atoms with Crippen molar-refractivity contribution < 1.29 is 22.7 Å². The number of hydrogen-bond acceptors (Lipinski definition) is 4. The summed E-state index contributed by atoms with van der Waals surface area (Å²) in [4.78, 5) is 17.3. The normalized spacial score (nSPS) is 18.6. The molecular weight excluding hydrogens is 457 g/mol. The average Bonchev–Trinajstić information content (AvgIpc) is 3.24. The summed E-state index contributed by atoms with van der Waals surface area (Å²) < 4.78 is 43.1. The summed E-state index contributed by atoms with van der Waals surface area (Å²) in [6, 6.07) is 10.2. The first-order valence-electron chi connectivity index (χ1n) is 12.5. The van der Waals surface area contributed by atoms with Crippen LogP contribution in [0.3, 0.4) is 0 Å². The van der Waals surface area contributed by atoms with Gasteiger partial charge in [0.25, 0.3) is 0 Å². The Balaban J connectivity index is 1.12. The van der Waals surface area contributed by atoms with Gasteiger partial charge in [0, 0.05) is 56.7 Å². The van der Waals surface area contributed by atoms with Crippen molar-refractivity contribution in [2.45, 2.75) is 45.0 Å². The average molecular weight is 493 g/mol. The second-order valence-corrected chi connectivity index (χ2v) is 9.71. The summed E-state index contributed by atoms with van der Waals surface area (Å²) in [5.74, 6) is 0.550. The maximum absolute atomic E-state index is 12.7. The first-order chi connectivity index (χ1) is 16.8. The number of carbonyl (C=O) groups excluding carboxylic acids is 1. The van der Waals surface area contributed by atoms with E-state index in [1.54, 1.807) is 12.1 Å². The van der Waals surface area contributed by atoms with Gasteiger partial charge in [0.15, 0.2) is 0 Å². The molecule has 2 fully saturated rings. The lowest BCUT2D eigenvalue weighted by Crippen LogP contribution is -2.41. The van der Waals surface area contributed by atoms with E-state index in [1.165, 1.54) is 30.7 Å². The number of rotatable bonds is 8. The van der Waals surface area contributed by atoms with Gasteiger partial charge in [-0.05, 0) is 87.5 Å². The summed E-state index contributed by atoms with van der Waals surface area (Å²) in [6.45, 7) is 5.34. The monoisotopic (exact) mass is 492 g/mol. The maximum atomic E-state index is 12.7. The molecule has 0 saturated carbocycles. The Labute approximate surface area is 205 Å². The Morgan fingerprint density at radius 1 is 1.03 bits per heavy atom. The Morgan fingerprint density at radius 2 is 1.71 bits per heavy atom. The Bertz CT molecular complexity index is 944. The number of likely N-dealkylation sites (tertiary alicyclic amines) is 1.